The largest absolute Gasteiger partial charge is 0.384 e. The van der Waals surface area contributed by atoms with Crippen molar-refractivity contribution < 1.29 is 9.59 Å². The molecule has 0 aliphatic carbocycles. The summed E-state index contributed by atoms with van der Waals surface area (Å²) < 4.78 is 0. The van der Waals surface area contributed by atoms with Crippen LogP contribution in [0.4, 0.5) is 5.82 Å². The van der Waals surface area contributed by atoms with E-state index >= 15 is 0 Å². The summed E-state index contributed by atoms with van der Waals surface area (Å²) in [5.74, 6) is -0.0663. The summed E-state index contributed by atoms with van der Waals surface area (Å²) in [5, 5.41) is 5.74. The number of nitrogen functional groups attached to an aromatic ring is 1. The van der Waals surface area contributed by atoms with E-state index in [1.807, 2.05) is 0 Å². The van der Waals surface area contributed by atoms with Gasteiger partial charge >= 0.3 is 0 Å². The first kappa shape index (κ1) is 12.6. The van der Waals surface area contributed by atoms with Gasteiger partial charge in [0.15, 0.2) is 0 Å². The number of nitrogens with zero attached hydrogens (tertiary/aromatic N) is 1. The van der Waals surface area contributed by atoms with Gasteiger partial charge < -0.3 is 16.4 Å². The van der Waals surface area contributed by atoms with Crippen LogP contribution in [0.15, 0.2) is 12.3 Å². The first-order chi connectivity index (χ1) is 8.56. The quantitative estimate of drug-likeness (QED) is 0.720. The topological polar surface area (TPSA) is 97.1 Å². The van der Waals surface area contributed by atoms with Gasteiger partial charge in [0.2, 0.25) is 5.91 Å². The summed E-state index contributed by atoms with van der Waals surface area (Å²) in [7, 11) is 0. The average Bonchev–Trinajstić information content (AvgIpc) is 2.35. The lowest BCUT2D eigenvalue weighted by Gasteiger charge is -2.23. The minimum atomic E-state index is -0.310. The van der Waals surface area contributed by atoms with Gasteiger partial charge in [-0.1, -0.05) is 11.6 Å². The number of hydrogen-bond donors (Lipinski definition) is 3. The average molecular weight is 269 g/mol. The highest BCUT2D eigenvalue weighted by molar-refractivity contribution is 6.33. The van der Waals surface area contributed by atoms with E-state index in [0.29, 0.717) is 24.9 Å². The molecule has 0 saturated carbocycles. The fourth-order valence-corrected chi connectivity index (χ4v) is 1.94. The van der Waals surface area contributed by atoms with E-state index in [-0.39, 0.29) is 28.7 Å². The normalized spacial score (nSPS) is 19.2. The molecule has 1 saturated heterocycles. The molecule has 1 aliphatic heterocycles. The first-order valence-corrected chi connectivity index (χ1v) is 5.92. The zero-order valence-electron chi connectivity index (χ0n) is 9.57. The summed E-state index contributed by atoms with van der Waals surface area (Å²) in [6, 6.07) is 1.35. The van der Waals surface area contributed by atoms with Gasteiger partial charge in [-0.2, -0.15) is 0 Å². The van der Waals surface area contributed by atoms with Gasteiger partial charge in [0, 0.05) is 25.2 Å². The van der Waals surface area contributed by atoms with Gasteiger partial charge in [0.1, 0.15) is 5.82 Å². The lowest BCUT2D eigenvalue weighted by molar-refractivity contribution is -0.122. The van der Waals surface area contributed by atoms with Gasteiger partial charge in [0.25, 0.3) is 5.91 Å². The maximum atomic E-state index is 12.0. The molecule has 1 aromatic heterocycles. The zero-order chi connectivity index (χ0) is 13.1. The molecule has 1 fully saturated rings. The van der Waals surface area contributed by atoms with Crippen molar-refractivity contribution >= 4 is 29.2 Å². The second-order valence-corrected chi connectivity index (χ2v) is 4.51. The van der Waals surface area contributed by atoms with Crippen molar-refractivity contribution in [2.24, 2.45) is 0 Å². The molecule has 0 aromatic carbocycles. The van der Waals surface area contributed by atoms with E-state index in [4.69, 9.17) is 17.3 Å². The molecular weight excluding hydrogens is 256 g/mol. The molecular formula is C11H13ClN4O2. The Kier molecular flexibility index (Phi) is 3.66. The third kappa shape index (κ3) is 2.89. The van der Waals surface area contributed by atoms with Crippen molar-refractivity contribution in [2.75, 3.05) is 12.3 Å². The molecule has 18 heavy (non-hydrogen) atoms. The number of amides is 2. The fraction of sp³-hybridized carbons (Fsp3) is 0.364. The number of carbonyl (C=O) groups excluding carboxylic acids is 2. The molecule has 1 unspecified atom stereocenters. The van der Waals surface area contributed by atoms with Gasteiger partial charge in [-0.05, 0) is 12.5 Å². The summed E-state index contributed by atoms with van der Waals surface area (Å²) in [4.78, 5) is 26.8. The van der Waals surface area contributed by atoms with Crippen molar-refractivity contribution in [2.45, 2.75) is 18.9 Å². The van der Waals surface area contributed by atoms with E-state index < -0.39 is 0 Å². The van der Waals surface area contributed by atoms with Crippen molar-refractivity contribution in [3.8, 4) is 0 Å². The van der Waals surface area contributed by atoms with Crippen LogP contribution in [0.2, 0.25) is 5.02 Å². The molecule has 96 valence electrons. The van der Waals surface area contributed by atoms with E-state index in [9.17, 15) is 9.59 Å². The van der Waals surface area contributed by atoms with E-state index in [1.165, 1.54) is 12.3 Å². The summed E-state index contributed by atoms with van der Waals surface area (Å²) >= 11 is 5.88. The number of nitrogens with one attached hydrogen (secondary N) is 2. The molecule has 0 radical (unpaired) electrons. The van der Waals surface area contributed by atoms with Gasteiger partial charge in [-0.15, -0.1) is 0 Å². The lowest BCUT2D eigenvalue weighted by atomic mass is 10.1. The Hall–Kier alpha value is -1.82. The van der Waals surface area contributed by atoms with E-state index in [1.54, 1.807) is 0 Å². The van der Waals surface area contributed by atoms with Crippen LogP contribution in [0.25, 0.3) is 0 Å². The number of pyridine rings is 1. The summed E-state index contributed by atoms with van der Waals surface area (Å²) in [5.41, 5.74) is 5.80. The molecule has 0 bridgehead atoms. The van der Waals surface area contributed by atoms with Crippen LogP contribution < -0.4 is 16.4 Å². The molecule has 6 nitrogen and oxygen atoms in total. The molecule has 2 rings (SSSR count). The van der Waals surface area contributed by atoms with E-state index in [0.717, 1.165) is 0 Å². The number of carbonyl (C=O) groups is 2. The van der Waals surface area contributed by atoms with Crippen molar-refractivity contribution in [3.05, 3.63) is 22.8 Å². The highest BCUT2D eigenvalue weighted by Crippen LogP contribution is 2.17. The predicted molar refractivity (Wildman–Crippen MR) is 67.2 cm³/mol. The Morgan fingerprint density at radius 3 is 3.06 bits per heavy atom. The number of hydrogen-bond acceptors (Lipinski definition) is 4. The maximum Gasteiger partial charge on any atom is 0.253 e. The molecule has 0 spiro atoms. The van der Waals surface area contributed by atoms with Gasteiger partial charge in [0.05, 0.1) is 10.6 Å². The Morgan fingerprint density at radius 2 is 2.39 bits per heavy atom. The Labute approximate surface area is 109 Å². The Morgan fingerprint density at radius 1 is 1.61 bits per heavy atom. The molecule has 4 N–H and O–H groups in total. The third-order valence-electron chi connectivity index (χ3n) is 2.72. The van der Waals surface area contributed by atoms with Crippen LogP contribution in [0.5, 0.6) is 0 Å². The number of piperidine rings is 1. The molecule has 1 atom stereocenters. The number of anilines is 1. The Balaban J connectivity index is 2.03. The molecule has 2 heterocycles. The number of halogens is 1. The molecule has 7 heteroatoms. The molecule has 2 amide bonds. The van der Waals surface area contributed by atoms with Gasteiger partial charge in [-0.25, -0.2) is 4.98 Å². The standard InChI is InChI=1S/C11H13ClN4O2/c12-8-5-14-9(13)3-7(8)11(18)16-6-1-2-10(17)15-4-6/h3,5-6H,1-2,4H2,(H2,13,14)(H,15,17)(H,16,18). The van der Waals surface area contributed by atoms with Gasteiger partial charge in [-0.3, -0.25) is 9.59 Å². The molecule has 1 aliphatic rings. The van der Waals surface area contributed by atoms with Crippen LogP contribution in [0.3, 0.4) is 0 Å². The van der Waals surface area contributed by atoms with Crippen LogP contribution in [0, 0.1) is 0 Å². The second kappa shape index (κ2) is 5.22. The van der Waals surface area contributed by atoms with Crippen LogP contribution in [-0.4, -0.2) is 29.4 Å². The highest BCUT2D eigenvalue weighted by atomic mass is 35.5. The van der Waals surface area contributed by atoms with Crippen LogP contribution in [0.1, 0.15) is 23.2 Å². The van der Waals surface area contributed by atoms with Crippen LogP contribution in [-0.2, 0) is 4.79 Å². The monoisotopic (exact) mass is 268 g/mol. The summed E-state index contributed by atoms with van der Waals surface area (Å²) in [6.07, 6.45) is 2.38. The minimum Gasteiger partial charge on any atom is -0.384 e. The number of rotatable bonds is 2. The number of nitrogens with two attached hydrogens (primary N) is 1. The van der Waals surface area contributed by atoms with Crippen LogP contribution >= 0.6 is 11.6 Å². The maximum absolute atomic E-state index is 12.0. The Bertz CT molecular complexity index is 482. The molecule has 1 aromatic rings. The lowest BCUT2D eigenvalue weighted by Crippen LogP contribution is -2.47. The zero-order valence-corrected chi connectivity index (χ0v) is 10.3. The smallest absolute Gasteiger partial charge is 0.253 e. The predicted octanol–water partition coefficient (Wildman–Crippen LogP) is 0.326. The highest BCUT2D eigenvalue weighted by Gasteiger charge is 2.21. The second-order valence-electron chi connectivity index (χ2n) is 4.10. The van der Waals surface area contributed by atoms with Crippen molar-refractivity contribution in [1.29, 1.82) is 0 Å². The minimum absolute atomic E-state index is 0.00619. The van der Waals surface area contributed by atoms with Crippen molar-refractivity contribution in [1.82, 2.24) is 15.6 Å². The van der Waals surface area contributed by atoms with Crippen molar-refractivity contribution in [3.63, 3.8) is 0 Å². The first-order valence-electron chi connectivity index (χ1n) is 5.55. The number of aromatic nitrogens is 1. The summed E-state index contributed by atoms with van der Waals surface area (Å²) in [6.45, 7) is 0.433. The third-order valence-corrected chi connectivity index (χ3v) is 3.02. The SMILES string of the molecule is Nc1cc(C(=O)NC2CCC(=O)NC2)c(Cl)cn1. The van der Waals surface area contributed by atoms with E-state index in [2.05, 4.69) is 15.6 Å². The fourth-order valence-electron chi connectivity index (χ4n) is 1.75.